The lowest BCUT2D eigenvalue weighted by atomic mass is 10.0. The van der Waals surface area contributed by atoms with E-state index in [-0.39, 0.29) is 5.38 Å². The highest BCUT2D eigenvalue weighted by Gasteiger charge is 2.12. The zero-order chi connectivity index (χ0) is 13.1. The highest BCUT2D eigenvalue weighted by Crippen LogP contribution is 2.31. The van der Waals surface area contributed by atoms with Gasteiger partial charge in [0.15, 0.2) is 0 Å². The van der Waals surface area contributed by atoms with Crippen molar-refractivity contribution in [1.82, 2.24) is 0 Å². The maximum absolute atomic E-state index is 6.52. The van der Waals surface area contributed by atoms with Crippen molar-refractivity contribution in [1.29, 1.82) is 0 Å². The third-order valence-corrected chi connectivity index (χ3v) is 4.46. The molecule has 0 aliphatic heterocycles. The van der Waals surface area contributed by atoms with Crippen LogP contribution in [0.25, 0.3) is 0 Å². The Labute approximate surface area is 130 Å². The van der Waals surface area contributed by atoms with Crippen LogP contribution >= 0.6 is 43.5 Å². The largest absolute Gasteiger partial charge is 0.117 e. The fourth-order valence-corrected chi connectivity index (χ4v) is 3.12. The zero-order valence-electron chi connectivity index (χ0n) is 9.96. The Balaban J connectivity index is 2.18. The summed E-state index contributed by atoms with van der Waals surface area (Å²) in [4.78, 5) is 0. The van der Waals surface area contributed by atoms with Crippen LogP contribution < -0.4 is 0 Å². The Morgan fingerprint density at radius 1 is 1.06 bits per heavy atom. The molecule has 1 atom stereocenters. The Bertz CT molecular complexity index is 535. The van der Waals surface area contributed by atoms with Gasteiger partial charge in [-0.2, -0.15) is 0 Å². The zero-order valence-corrected chi connectivity index (χ0v) is 13.9. The molecule has 2 rings (SSSR count). The molecule has 0 fully saturated rings. The minimum absolute atomic E-state index is 0.0135. The second-order valence-corrected chi connectivity index (χ2v) is 6.62. The van der Waals surface area contributed by atoms with E-state index in [0.29, 0.717) is 0 Å². The van der Waals surface area contributed by atoms with Crippen molar-refractivity contribution in [3.63, 3.8) is 0 Å². The fraction of sp³-hybridized carbons (Fsp3) is 0.200. The van der Waals surface area contributed by atoms with Crippen molar-refractivity contribution < 1.29 is 0 Å². The predicted octanol–water partition coefficient (Wildman–Crippen LogP) is 6.04. The van der Waals surface area contributed by atoms with Gasteiger partial charge in [-0.1, -0.05) is 61.7 Å². The summed E-state index contributed by atoms with van der Waals surface area (Å²) in [6.07, 6.45) is 0.830. The van der Waals surface area contributed by atoms with Crippen molar-refractivity contribution >= 4 is 43.5 Å². The molecule has 0 aliphatic rings. The first-order valence-electron chi connectivity index (χ1n) is 5.71. The van der Waals surface area contributed by atoms with Crippen LogP contribution in [0.1, 0.15) is 22.1 Å². The molecule has 0 saturated heterocycles. The van der Waals surface area contributed by atoms with E-state index in [1.54, 1.807) is 0 Å². The molecular weight excluding hydrogens is 375 g/mol. The molecule has 18 heavy (non-hydrogen) atoms. The minimum Gasteiger partial charge on any atom is -0.117 e. The lowest BCUT2D eigenvalue weighted by Gasteiger charge is -2.13. The summed E-state index contributed by atoms with van der Waals surface area (Å²) in [5, 5.41) is -0.0135. The maximum Gasteiger partial charge on any atom is 0.0636 e. The van der Waals surface area contributed by atoms with E-state index in [1.165, 1.54) is 11.1 Å². The van der Waals surface area contributed by atoms with E-state index >= 15 is 0 Å². The van der Waals surface area contributed by atoms with Gasteiger partial charge in [0.25, 0.3) is 0 Å². The maximum atomic E-state index is 6.52. The number of alkyl halides is 1. The van der Waals surface area contributed by atoms with Crippen molar-refractivity contribution in [3.8, 4) is 0 Å². The third-order valence-electron chi connectivity index (χ3n) is 2.82. The molecule has 2 aromatic rings. The molecule has 0 bridgehead atoms. The number of hydrogen-bond donors (Lipinski definition) is 0. The van der Waals surface area contributed by atoms with E-state index in [2.05, 4.69) is 69.1 Å². The van der Waals surface area contributed by atoms with Crippen LogP contribution in [-0.4, -0.2) is 0 Å². The summed E-state index contributed by atoms with van der Waals surface area (Å²) < 4.78 is 2.17. The molecule has 0 nitrogen and oxygen atoms in total. The molecule has 1 unspecified atom stereocenters. The van der Waals surface area contributed by atoms with Crippen LogP contribution in [0.15, 0.2) is 51.4 Å². The summed E-state index contributed by atoms with van der Waals surface area (Å²) in [7, 11) is 0. The number of rotatable bonds is 3. The fourth-order valence-electron chi connectivity index (χ4n) is 1.84. The van der Waals surface area contributed by atoms with Crippen molar-refractivity contribution in [2.45, 2.75) is 18.7 Å². The van der Waals surface area contributed by atoms with Gasteiger partial charge in [-0.3, -0.25) is 0 Å². The average molecular weight is 389 g/mol. The summed E-state index contributed by atoms with van der Waals surface area (Å²) in [6, 6.07) is 14.6. The van der Waals surface area contributed by atoms with E-state index in [0.717, 1.165) is 20.9 Å². The smallest absolute Gasteiger partial charge is 0.0636 e. The monoisotopic (exact) mass is 386 g/mol. The van der Waals surface area contributed by atoms with Crippen LogP contribution in [0.2, 0.25) is 0 Å². The van der Waals surface area contributed by atoms with Gasteiger partial charge in [0, 0.05) is 8.95 Å². The van der Waals surface area contributed by atoms with Gasteiger partial charge < -0.3 is 0 Å². The molecule has 0 heterocycles. The molecular formula is C15H13Br2Cl. The molecule has 0 aromatic heterocycles. The standard InChI is InChI=1S/C15H13Br2Cl/c1-10-2-7-14(17)13(8-10)15(18)9-11-3-5-12(16)6-4-11/h2-8,15H,9H2,1H3. The van der Waals surface area contributed by atoms with Crippen LogP contribution in [0, 0.1) is 6.92 Å². The average Bonchev–Trinajstić information content (AvgIpc) is 2.35. The Morgan fingerprint density at radius 3 is 2.39 bits per heavy atom. The first kappa shape index (κ1) is 14.1. The van der Waals surface area contributed by atoms with Gasteiger partial charge in [-0.05, 0) is 42.7 Å². The molecule has 94 valence electrons. The first-order valence-corrected chi connectivity index (χ1v) is 7.73. The van der Waals surface area contributed by atoms with E-state index < -0.39 is 0 Å². The number of hydrogen-bond acceptors (Lipinski definition) is 0. The molecule has 0 N–H and O–H groups in total. The van der Waals surface area contributed by atoms with Gasteiger partial charge in [0.05, 0.1) is 5.38 Å². The van der Waals surface area contributed by atoms with Gasteiger partial charge in [-0.25, -0.2) is 0 Å². The van der Waals surface area contributed by atoms with Crippen LogP contribution in [0.3, 0.4) is 0 Å². The van der Waals surface area contributed by atoms with Crippen molar-refractivity contribution in [3.05, 3.63) is 68.1 Å². The van der Waals surface area contributed by atoms with Crippen molar-refractivity contribution in [2.24, 2.45) is 0 Å². The summed E-state index contributed by atoms with van der Waals surface area (Å²) in [6.45, 7) is 2.08. The molecule has 0 radical (unpaired) electrons. The number of benzene rings is 2. The van der Waals surface area contributed by atoms with Crippen molar-refractivity contribution in [2.75, 3.05) is 0 Å². The highest BCUT2D eigenvalue weighted by atomic mass is 79.9. The topological polar surface area (TPSA) is 0 Å². The van der Waals surface area contributed by atoms with E-state index in [9.17, 15) is 0 Å². The normalized spacial score (nSPS) is 12.4. The van der Waals surface area contributed by atoms with E-state index in [4.69, 9.17) is 11.6 Å². The van der Waals surface area contributed by atoms with Crippen LogP contribution in [0.4, 0.5) is 0 Å². The van der Waals surface area contributed by atoms with Crippen LogP contribution in [0.5, 0.6) is 0 Å². The summed E-state index contributed by atoms with van der Waals surface area (Å²) in [5.41, 5.74) is 3.63. The SMILES string of the molecule is Cc1ccc(Br)c(C(Cl)Cc2ccc(Br)cc2)c1. The molecule has 0 amide bonds. The molecule has 0 spiro atoms. The van der Waals surface area contributed by atoms with Gasteiger partial charge in [0.1, 0.15) is 0 Å². The Morgan fingerprint density at radius 2 is 1.72 bits per heavy atom. The van der Waals surface area contributed by atoms with Crippen LogP contribution in [-0.2, 0) is 6.42 Å². The lowest BCUT2D eigenvalue weighted by Crippen LogP contribution is -1.97. The molecule has 0 aliphatic carbocycles. The third kappa shape index (κ3) is 3.59. The summed E-state index contributed by atoms with van der Waals surface area (Å²) >= 11 is 13.5. The molecule has 2 aromatic carbocycles. The minimum atomic E-state index is -0.0135. The number of aryl methyl sites for hydroxylation is 1. The van der Waals surface area contributed by atoms with Gasteiger partial charge >= 0.3 is 0 Å². The lowest BCUT2D eigenvalue weighted by molar-refractivity contribution is 0.912. The predicted molar refractivity (Wildman–Crippen MR) is 85.3 cm³/mol. The van der Waals surface area contributed by atoms with E-state index in [1.807, 2.05) is 12.1 Å². The summed E-state index contributed by atoms with van der Waals surface area (Å²) in [5.74, 6) is 0. The number of halogens is 3. The molecule has 0 saturated carbocycles. The quantitative estimate of drug-likeness (QED) is 0.562. The van der Waals surface area contributed by atoms with Gasteiger partial charge in [-0.15, -0.1) is 11.6 Å². The second kappa shape index (κ2) is 6.23. The first-order chi connectivity index (χ1) is 8.56. The second-order valence-electron chi connectivity index (χ2n) is 4.32. The molecule has 3 heteroatoms. The highest BCUT2D eigenvalue weighted by molar-refractivity contribution is 9.10. The van der Waals surface area contributed by atoms with Gasteiger partial charge in [0.2, 0.25) is 0 Å². The Hall–Kier alpha value is -0.310. The Kier molecular flexibility index (Phi) is 4.88.